The number of fused-ring (bicyclic) bond motifs is 1. The molecule has 0 radical (unpaired) electrons. The summed E-state index contributed by atoms with van der Waals surface area (Å²) in [5.41, 5.74) is 2.96. The van der Waals surface area contributed by atoms with Crippen LogP contribution in [-0.4, -0.2) is 22.5 Å². The van der Waals surface area contributed by atoms with E-state index in [2.05, 4.69) is 15.6 Å². The summed E-state index contributed by atoms with van der Waals surface area (Å²) in [6.45, 7) is 0. The first-order valence-electron chi connectivity index (χ1n) is 7.97. The fourth-order valence-electron chi connectivity index (χ4n) is 2.70. The molecular formula is C19H16N4O2S. The van der Waals surface area contributed by atoms with Gasteiger partial charge in [-0.05, 0) is 18.2 Å². The highest BCUT2D eigenvalue weighted by Crippen LogP contribution is 2.29. The molecule has 0 spiro atoms. The van der Waals surface area contributed by atoms with E-state index in [1.807, 2.05) is 58.6 Å². The van der Waals surface area contributed by atoms with Gasteiger partial charge in [0.15, 0.2) is 4.96 Å². The number of carbonyl (C=O) groups is 1. The Labute approximate surface area is 154 Å². The zero-order valence-corrected chi connectivity index (χ0v) is 14.8. The number of rotatable bonds is 4. The Balaban J connectivity index is 1.58. The number of aromatic nitrogens is 2. The Hall–Kier alpha value is -3.32. The lowest BCUT2D eigenvalue weighted by Crippen LogP contribution is -2.20. The van der Waals surface area contributed by atoms with E-state index in [0.29, 0.717) is 17.1 Å². The number of anilines is 2. The molecule has 0 bridgehead atoms. The summed E-state index contributed by atoms with van der Waals surface area (Å²) in [5.74, 6) is 0.602. The standard InChI is InChI=1S/C19H16N4O2S/c1-25-17-9-5-4-8-15(17)21-18(24)20-14-7-3-2-6-13(14)16-12-23-10-11-26-19(23)22-16/h2-12H,1H3,(H2,20,21,24). The average Bonchev–Trinajstić information content (AvgIpc) is 3.24. The van der Waals surface area contributed by atoms with E-state index in [1.54, 1.807) is 30.6 Å². The fourth-order valence-corrected chi connectivity index (χ4v) is 3.40. The molecule has 0 atom stereocenters. The van der Waals surface area contributed by atoms with Crippen molar-refractivity contribution in [3.63, 3.8) is 0 Å². The zero-order chi connectivity index (χ0) is 17.9. The number of carbonyl (C=O) groups excluding carboxylic acids is 1. The molecule has 0 unspecified atom stereocenters. The lowest BCUT2D eigenvalue weighted by molar-refractivity contribution is 0.262. The van der Waals surface area contributed by atoms with Crippen LogP contribution < -0.4 is 15.4 Å². The number of nitrogens with zero attached hydrogens (tertiary/aromatic N) is 2. The summed E-state index contributed by atoms with van der Waals surface area (Å²) in [6.07, 6.45) is 3.91. The van der Waals surface area contributed by atoms with Gasteiger partial charge in [0.25, 0.3) is 0 Å². The molecule has 2 amide bonds. The van der Waals surface area contributed by atoms with Gasteiger partial charge in [-0.1, -0.05) is 30.3 Å². The predicted octanol–water partition coefficient (Wildman–Crippen LogP) is 4.72. The number of nitrogens with one attached hydrogen (secondary N) is 2. The summed E-state index contributed by atoms with van der Waals surface area (Å²) in [4.78, 5) is 18.0. The number of methoxy groups -OCH3 is 1. The summed E-state index contributed by atoms with van der Waals surface area (Å²) in [7, 11) is 1.57. The van der Waals surface area contributed by atoms with Crippen molar-refractivity contribution in [3.05, 3.63) is 66.3 Å². The zero-order valence-electron chi connectivity index (χ0n) is 14.0. The molecule has 2 N–H and O–H groups in total. The van der Waals surface area contributed by atoms with Crippen LogP contribution in [0.5, 0.6) is 5.75 Å². The highest BCUT2D eigenvalue weighted by atomic mass is 32.1. The largest absolute Gasteiger partial charge is 0.495 e. The first-order chi connectivity index (χ1) is 12.7. The number of hydrogen-bond acceptors (Lipinski definition) is 4. The number of para-hydroxylation sites is 3. The Bertz CT molecular complexity index is 1040. The molecule has 130 valence electrons. The molecule has 2 heterocycles. The van der Waals surface area contributed by atoms with Crippen molar-refractivity contribution in [2.75, 3.05) is 17.7 Å². The summed E-state index contributed by atoms with van der Waals surface area (Å²) < 4.78 is 7.22. The van der Waals surface area contributed by atoms with Crippen molar-refractivity contribution in [1.29, 1.82) is 0 Å². The summed E-state index contributed by atoms with van der Waals surface area (Å²) in [6, 6.07) is 14.5. The monoisotopic (exact) mass is 364 g/mol. The number of imidazole rings is 1. The third-order valence-electron chi connectivity index (χ3n) is 3.90. The van der Waals surface area contributed by atoms with Gasteiger partial charge in [-0.25, -0.2) is 9.78 Å². The molecule has 4 aromatic rings. The van der Waals surface area contributed by atoms with Crippen LogP contribution >= 0.6 is 11.3 Å². The first-order valence-corrected chi connectivity index (χ1v) is 8.85. The lowest BCUT2D eigenvalue weighted by atomic mass is 10.1. The van der Waals surface area contributed by atoms with Crippen LogP contribution in [0.4, 0.5) is 16.2 Å². The van der Waals surface area contributed by atoms with Crippen molar-refractivity contribution in [2.24, 2.45) is 0 Å². The molecule has 26 heavy (non-hydrogen) atoms. The maximum absolute atomic E-state index is 12.5. The van der Waals surface area contributed by atoms with Crippen molar-refractivity contribution in [2.45, 2.75) is 0 Å². The van der Waals surface area contributed by atoms with Crippen LogP contribution in [0.1, 0.15) is 0 Å². The number of thiazole rings is 1. The second-order valence-electron chi connectivity index (χ2n) is 5.54. The quantitative estimate of drug-likeness (QED) is 0.551. The van der Waals surface area contributed by atoms with Gasteiger partial charge in [0.05, 0.1) is 24.2 Å². The SMILES string of the molecule is COc1ccccc1NC(=O)Nc1ccccc1-c1cn2ccsc2n1. The highest BCUT2D eigenvalue weighted by molar-refractivity contribution is 7.15. The van der Waals surface area contributed by atoms with E-state index >= 15 is 0 Å². The van der Waals surface area contributed by atoms with Gasteiger partial charge in [-0.2, -0.15) is 0 Å². The number of benzene rings is 2. The van der Waals surface area contributed by atoms with Gasteiger partial charge in [-0.3, -0.25) is 4.40 Å². The Morgan fingerprint density at radius 2 is 1.81 bits per heavy atom. The van der Waals surface area contributed by atoms with Crippen LogP contribution in [0.15, 0.2) is 66.3 Å². The number of urea groups is 1. The van der Waals surface area contributed by atoms with Crippen LogP contribution in [0.3, 0.4) is 0 Å². The summed E-state index contributed by atoms with van der Waals surface area (Å²) in [5, 5.41) is 7.69. The van der Waals surface area contributed by atoms with Crippen LogP contribution in [-0.2, 0) is 0 Å². The van der Waals surface area contributed by atoms with Gasteiger partial charge < -0.3 is 15.4 Å². The molecule has 0 aliphatic heterocycles. The van der Waals surface area contributed by atoms with Gasteiger partial charge in [0, 0.05) is 23.3 Å². The smallest absolute Gasteiger partial charge is 0.323 e. The first kappa shape index (κ1) is 16.2. The van der Waals surface area contributed by atoms with Gasteiger partial charge >= 0.3 is 6.03 Å². The van der Waals surface area contributed by atoms with Gasteiger partial charge in [-0.15, -0.1) is 11.3 Å². The second-order valence-corrected chi connectivity index (χ2v) is 6.42. The third-order valence-corrected chi connectivity index (χ3v) is 4.67. The van der Waals surface area contributed by atoms with E-state index < -0.39 is 0 Å². The van der Waals surface area contributed by atoms with Crippen molar-refractivity contribution in [1.82, 2.24) is 9.38 Å². The molecule has 0 fully saturated rings. The topological polar surface area (TPSA) is 67.7 Å². The highest BCUT2D eigenvalue weighted by Gasteiger charge is 2.13. The molecule has 0 saturated heterocycles. The Morgan fingerprint density at radius 3 is 2.62 bits per heavy atom. The fraction of sp³-hybridized carbons (Fsp3) is 0.0526. The molecule has 0 aliphatic rings. The van der Waals surface area contributed by atoms with Crippen molar-refractivity contribution < 1.29 is 9.53 Å². The minimum absolute atomic E-state index is 0.344. The molecule has 0 saturated carbocycles. The molecule has 2 aromatic heterocycles. The molecule has 2 aromatic carbocycles. The number of hydrogen-bond donors (Lipinski definition) is 2. The van der Waals surface area contributed by atoms with E-state index in [9.17, 15) is 4.79 Å². The summed E-state index contributed by atoms with van der Waals surface area (Å²) >= 11 is 1.57. The van der Waals surface area contributed by atoms with E-state index in [4.69, 9.17) is 4.74 Å². The van der Waals surface area contributed by atoms with E-state index in [0.717, 1.165) is 16.2 Å². The molecule has 7 heteroatoms. The molecule has 4 rings (SSSR count). The Kier molecular flexibility index (Phi) is 4.28. The van der Waals surface area contributed by atoms with E-state index in [1.165, 1.54) is 0 Å². The molecular weight excluding hydrogens is 348 g/mol. The predicted molar refractivity (Wildman–Crippen MR) is 104 cm³/mol. The van der Waals surface area contributed by atoms with Gasteiger partial charge in [0.2, 0.25) is 0 Å². The molecule has 6 nitrogen and oxygen atoms in total. The molecule has 0 aliphatic carbocycles. The lowest BCUT2D eigenvalue weighted by Gasteiger charge is -2.12. The van der Waals surface area contributed by atoms with Gasteiger partial charge in [0.1, 0.15) is 5.75 Å². The minimum atomic E-state index is -0.344. The maximum atomic E-state index is 12.5. The van der Waals surface area contributed by atoms with Crippen LogP contribution in [0, 0.1) is 0 Å². The average molecular weight is 364 g/mol. The van der Waals surface area contributed by atoms with Crippen LogP contribution in [0.25, 0.3) is 16.2 Å². The van der Waals surface area contributed by atoms with Crippen molar-refractivity contribution in [3.8, 4) is 17.0 Å². The normalized spacial score (nSPS) is 10.7. The number of ether oxygens (including phenoxy) is 1. The third kappa shape index (κ3) is 3.12. The van der Waals surface area contributed by atoms with E-state index in [-0.39, 0.29) is 6.03 Å². The minimum Gasteiger partial charge on any atom is -0.495 e. The number of amides is 2. The van der Waals surface area contributed by atoms with Crippen molar-refractivity contribution >= 4 is 33.7 Å². The second kappa shape index (κ2) is 6.89. The maximum Gasteiger partial charge on any atom is 0.323 e. The van der Waals surface area contributed by atoms with Crippen LogP contribution in [0.2, 0.25) is 0 Å². The Morgan fingerprint density at radius 1 is 1.08 bits per heavy atom.